The van der Waals surface area contributed by atoms with Crippen LogP contribution in [0.1, 0.15) is 22.5 Å². The molecular weight excluding hydrogens is 264 g/mol. The molecule has 1 amide bonds. The molecule has 2 heterocycles. The molecule has 5 heteroatoms. The topological polar surface area (TPSA) is 42.4 Å². The van der Waals surface area contributed by atoms with E-state index < -0.39 is 0 Å². The summed E-state index contributed by atoms with van der Waals surface area (Å²) in [6.07, 6.45) is 4.44. The van der Waals surface area contributed by atoms with E-state index in [1.807, 2.05) is 13.0 Å². The van der Waals surface area contributed by atoms with E-state index in [0.717, 1.165) is 12.1 Å². The minimum absolute atomic E-state index is 0.0646. The van der Waals surface area contributed by atoms with Crippen LogP contribution in [0.4, 0.5) is 0 Å². The molecule has 0 N–H and O–H groups in total. The van der Waals surface area contributed by atoms with E-state index in [1.54, 1.807) is 24.3 Å². The molecule has 102 valence electrons. The Labute approximate surface area is 118 Å². The Balaban J connectivity index is 2.09. The summed E-state index contributed by atoms with van der Waals surface area (Å²) in [4.78, 5) is 18.2. The summed E-state index contributed by atoms with van der Waals surface area (Å²) in [7, 11) is 1.68. The van der Waals surface area contributed by atoms with Crippen molar-refractivity contribution >= 4 is 17.5 Å². The lowest BCUT2D eigenvalue weighted by Gasteiger charge is -2.26. The summed E-state index contributed by atoms with van der Waals surface area (Å²) in [5, 5.41) is 0.462. The van der Waals surface area contributed by atoms with Crippen molar-refractivity contribution in [2.45, 2.75) is 13.3 Å². The van der Waals surface area contributed by atoms with Crippen LogP contribution in [0.15, 0.2) is 23.9 Å². The first kappa shape index (κ1) is 14.0. The average Bonchev–Trinajstić information content (AvgIpc) is 2.39. The van der Waals surface area contributed by atoms with Gasteiger partial charge in [0.05, 0.1) is 17.2 Å². The lowest BCUT2D eigenvalue weighted by atomic mass is 10.1. The third-order valence-electron chi connectivity index (χ3n) is 3.14. The molecule has 0 saturated heterocycles. The van der Waals surface area contributed by atoms with E-state index in [9.17, 15) is 4.79 Å². The van der Waals surface area contributed by atoms with Gasteiger partial charge in [0.15, 0.2) is 0 Å². The molecule has 0 aliphatic carbocycles. The third kappa shape index (κ3) is 3.33. The summed E-state index contributed by atoms with van der Waals surface area (Å²) < 4.78 is 5.09. The van der Waals surface area contributed by atoms with Gasteiger partial charge in [0.1, 0.15) is 0 Å². The van der Waals surface area contributed by atoms with E-state index in [0.29, 0.717) is 30.3 Å². The van der Waals surface area contributed by atoms with Gasteiger partial charge in [-0.2, -0.15) is 0 Å². The van der Waals surface area contributed by atoms with Crippen molar-refractivity contribution in [3.8, 4) is 0 Å². The van der Waals surface area contributed by atoms with Crippen LogP contribution in [0.5, 0.6) is 0 Å². The van der Waals surface area contributed by atoms with Crippen molar-refractivity contribution in [2.75, 3.05) is 26.8 Å². The van der Waals surface area contributed by atoms with Gasteiger partial charge in [-0.25, -0.2) is 0 Å². The second-order valence-corrected chi connectivity index (χ2v) is 5.01. The summed E-state index contributed by atoms with van der Waals surface area (Å²) in [6, 6.07) is 1.71. The number of carbonyl (C=O) groups is 1. The summed E-state index contributed by atoms with van der Waals surface area (Å²) in [5.74, 6) is -0.0646. The molecule has 19 heavy (non-hydrogen) atoms. The number of aromatic nitrogens is 1. The predicted molar refractivity (Wildman–Crippen MR) is 74.5 cm³/mol. The van der Waals surface area contributed by atoms with Crippen molar-refractivity contribution in [1.82, 2.24) is 9.88 Å². The number of aryl methyl sites for hydroxylation is 1. The van der Waals surface area contributed by atoms with Crippen LogP contribution in [-0.2, 0) is 4.74 Å². The van der Waals surface area contributed by atoms with Gasteiger partial charge in [-0.05, 0) is 25.0 Å². The molecule has 1 aliphatic heterocycles. The number of methoxy groups -OCH3 is 1. The standard InChI is InChI=1S/C14H17ClN2O2/c1-10-7-13(15)12(8-16-10)14(18)17-5-3-11(4-6-17)9-19-2/h3,7-8H,4-6,9H2,1-2H3. The Hall–Kier alpha value is -1.39. The normalized spacial score (nSPS) is 15.3. The molecule has 0 aromatic carbocycles. The number of rotatable bonds is 3. The zero-order valence-electron chi connectivity index (χ0n) is 11.1. The fourth-order valence-electron chi connectivity index (χ4n) is 2.07. The Morgan fingerprint density at radius 3 is 2.95 bits per heavy atom. The van der Waals surface area contributed by atoms with Crippen molar-refractivity contribution in [1.29, 1.82) is 0 Å². The molecule has 0 spiro atoms. The zero-order chi connectivity index (χ0) is 13.8. The molecule has 0 atom stereocenters. The maximum Gasteiger partial charge on any atom is 0.257 e. The number of carbonyl (C=O) groups excluding carboxylic acids is 1. The number of halogens is 1. The highest BCUT2D eigenvalue weighted by Gasteiger charge is 2.21. The number of nitrogens with zero attached hydrogens (tertiary/aromatic N) is 2. The van der Waals surface area contributed by atoms with Gasteiger partial charge >= 0.3 is 0 Å². The van der Waals surface area contributed by atoms with Crippen molar-refractivity contribution in [3.05, 3.63) is 40.2 Å². The van der Waals surface area contributed by atoms with Crippen LogP contribution in [0.3, 0.4) is 0 Å². The van der Waals surface area contributed by atoms with Crippen molar-refractivity contribution in [3.63, 3.8) is 0 Å². The third-order valence-corrected chi connectivity index (χ3v) is 3.45. The van der Waals surface area contributed by atoms with Gasteiger partial charge in [0.2, 0.25) is 0 Å². The van der Waals surface area contributed by atoms with Crippen molar-refractivity contribution in [2.24, 2.45) is 0 Å². The minimum atomic E-state index is -0.0646. The average molecular weight is 281 g/mol. The van der Waals surface area contributed by atoms with E-state index in [-0.39, 0.29) is 5.91 Å². The second-order valence-electron chi connectivity index (χ2n) is 4.60. The highest BCUT2D eigenvalue weighted by atomic mass is 35.5. The first-order valence-electron chi connectivity index (χ1n) is 6.20. The monoisotopic (exact) mass is 280 g/mol. The fourth-order valence-corrected chi connectivity index (χ4v) is 2.35. The number of amides is 1. The lowest BCUT2D eigenvalue weighted by molar-refractivity contribution is 0.0764. The Bertz CT molecular complexity index is 514. The van der Waals surface area contributed by atoms with Gasteiger partial charge < -0.3 is 9.64 Å². The first-order chi connectivity index (χ1) is 9.11. The maximum absolute atomic E-state index is 12.3. The van der Waals surface area contributed by atoms with Gasteiger partial charge in [0.25, 0.3) is 5.91 Å². The van der Waals surface area contributed by atoms with Gasteiger partial charge in [-0.1, -0.05) is 17.7 Å². The lowest BCUT2D eigenvalue weighted by Crippen LogP contribution is -2.35. The Morgan fingerprint density at radius 2 is 2.37 bits per heavy atom. The molecule has 0 saturated carbocycles. The van der Waals surface area contributed by atoms with Crippen LogP contribution >= 0.6 is 11.6 Å². The number of hydrogen-bond acceptors (Lipinski definition) is 3. The molecule has 0 unspecified atom stereocenters. The molecule has 4 nitrogen and oxygen atoms in total. The number of ether oxygens (including phenoxy) is 1. The second kappa shape index (κ2) is 6.17. The van der Waals surface area contributed by atoms with Crippen LogP contribution in [0, 0.1) is 6.92 Å². The first-order valence-corrected chi connectivity index (χ1v) is 6.58. The van der Waals surface area contributed by atoms with Crippen LogP contribution in [0.2, 0.25) is 5.02 Å². The molecule has 1 aromatic heterocycles. The molecule has 0 radical (unpaired) electrons. The van der Waals surface area contributed by atoms with Crippen LogP contribution in [0.25, 0.3) is 0 Å². The highest BCUT2D eigenvalue weighted by Crippen LogP contribution is 2.20. The van der Waals surface area contributed by atoms with E-state index in [2.05, 4.69) is 4.98 Å². The Kier molecular flexibility index (Phi) is 4.56. The Morgan fingerprint density at radius 1 is 1.58 bits per heavy atom. The summed E-state index contributed by atoms with van der Waals surface area (Å²) in [6.45, 7) is 3.77. The van der Waals surface area contributed by atoms with Gasteiger partial charge in [-0.15, -0.1) is 0 Å². The van der Waals surface area contributed by atoms with Gasteiger partial charge in [-0.3, -0.25) is 9.78 Å². The van der Waals surface area contributed by atoms with Crippen LogP contribution < -0.4 is 0 Å². The minimum Gasteiger partial charge on any atom is -0.380 e. The number of pyridine rings is 1. The maximum atomic E-state index is 12.3. The van der Waals surface area contributed by atoms with E-state index in [1.165, 1.54) is 5.57 Å². The van der Waals surface area contributed by atoms with E-state index >= 15 is 0 Å². The smallest absolute Gasteiger partial charge is 0.257 e. The highest BCUT2D eigenvalue weighted by molar-refractivity contribution is 6.33. The molecular formula is C14H17ClN2O2. The SMILES string of the molecule is COCC1=CCN(C(=O)c2cnc(C)cc2Cl)CC1. The number of hydrogen-bond donors (Lipinski definition) is 0. The zero-order valence-corrected chi connectivity index (χ0v) is 11.9. The molecule has 0 bridgehead atoms. The fraction of sp³-hybridized carbons (Fsp3) is 0.429. The van der Waals surface area contributed by atoms with Crippen molar-refractivity contribution < 1.29 is 9.53 Å². The van der Waals surface area contributed by atoms with E-state index in [4.69, 9.17) is 16.3 Å². The molecule has 0 fully saturated rings. The quantitative estimate of drug-likeness (QED) is 0.799. The predicted octanol–water partition coefficient (Wildman–Crippen LogP) is 2.46. The molecule has 1 aliphatic rings. The molecule has 2 rings (SSSR count). The molecule has 1 aromatic rings. The largest absolute Gasteiger partial charge is 0.380 e. The van der Waals surface area contributed by atoms with Gasteiger partial charge in [0, 0.05) is 32.1 Å². The summed E-state index contributed by atoms with van der Waals surface area (Å²) in [5.41, 5.74) is 2.51. The van der Waals surface area contributed by atoms with Crippen LogP contribution in [-0.4, -0.2) is 42.6 Å². The summed E-state index contributed by atoms with van der Waals surface area (Å²) >= 11 is 6.10.